The van der Waals surface area contributed by atoms with Gasteiger partial charge < -0.3 is 24.2 Å². The lowest BCUT2D eigenvalue weighted by molar-refractivity contribution is -0.161. The first-order chi connectivity index (χ1) is 37.2. The van der Waals surface area contributed by atoms with Gasteiger partial charge in [-0.15, -0.1) is 0 Å². The van der Waals surface area contributed by atoms with Crippen molar-refractivity contribution in [1.82, 2.24) is 0 Å². The molecule has 0 aliphatic carbocycles. The first kappa shape index (κ1) is 72.7. The fourth-order valence-electron chi connectivity index (χ4n) is 8.14. The number of phosphoric acid groups is 1. The van der Waals surface area contributed by atoms with Gasteiger partial charge >= 0.3 is 25.7 Å². The fourth-order valence-corrected chi connectivity index (χ4v) is 8.92. The van der Waals surface area contributed by atoms with Crippen molar-refractivity contribution < 1.29 is 52.2 Å². The lowest BCUT2D eigenvalue weighted by Crippen LogP contribution is -2.30. The SMILES string of the molecule is CC/C=C\C/C=C\C/C=C\CCCCCCCCCC(=O)OCC(COP(=O)(O)OCC(CO)OC(=O)CCCCCCC/C=C\C/C=C\CCCCC)OC(=O)CCCCCCCCC/C=C\C/C=C\CCCCC. The van der Waals surface area contributed by atoms with E-state index < -0.39 is 57.8 Å². The van der Waals surface area contributed by atoms with Crippen LogP contribution in [-0.4, -0.2) is 66.5 Å². The Hall–Kier alpha value is -3.34. The monoisotopic (exact) mass is 1090 g/mol. The molecule has 76 heavy (non-hydrogen) atoms. The van der Waals surface area contributed by atoms with Crippen LogP contribution >= 0.6 is 7.82 Å². The van der Waals surface area contributed by atoms with Crippen molar-refractivity contribution in [2.24, 2.45) is 0 Å². The van der Waals surface area contributed by atoms with Gasteiger partial charge in [-0.25, -0.2) is 4.57 Å². The first-order valence-electron chi connectivity index (χ1n) is 30.5. The molecule has 0 spiro atoms. The van der Waals surface area contributed by atoms with E-state index >= 15 is 0 Å². The number of phosphoric ester groups is 1. The van der Waals surface area contributed by atoms with Gasteiger partial charge in [0.1, 0.15) is 12.7 Å². The zero-order chi connectivity index (χ0) is 55.5. The van der Waals surface area contributed by atoms with E-state index in [1.165, 1.54) is 70.6 Å². The van der Waals surface area contributed by atoms with Crippen LogP contribution in [0.2, 0.25) is 0 Å². The second kappa shape index (κ2) is 57.8. The summed E-state index contributed by atoms with van der Waals surface area (Å²) < 4.78 is 39.6. The van der Waals surface area contributed by atoms with Crippen molar-refractivity contribution in [2.45, 2.75) is 277 Å². The van der Waals surface area contributed by atoms with E-state index in [1.807, 2.05) is 0 Å². The van der Waals surface area contributed by atoms with Crippen LogP contribution in [0.3, 0.4) is 0 Å². The van der Waals surface area contributed by atoms with Gasteiger partial charge in [0.2, 0.25) is 0 Å². The number of allylic oxidation sites excluding steroid dienone is 14. The van der Waals surface area contributed by atoms with Gasteiger partial charge in [0.05, 0.1) is 19.8 Å². The maximum absolute atomic E-state index is 12.9. The molecule has 0 aliphatic heterocycles. The molecule has 0 aromatic rings. The van der Waals surface area contributed by atoms with Crippen LogP contribution < -0.4 is 0 Å². The highest BCUT2D eigenvalue weighted by molar-refractivity contribution is 7.47. The average Bonchev–Trinajstić information content (AvgIpc) is 3.41. The number of carbonyl (C=O) groups excluding carboxylic acids is 3. The lowest BCUT2D eigenvalue weighted by atomic mass is 10.1. The molecule has 0 heterocycles. The Morgan fingerprint density at radius 2 is 0.684 bits per heavy atom. The van der Waals surface area contributed by atoms with Crippen LogP contribution in [0.4, 0.5) is 0 Å². The number of hydrogen-bond donors (Lipinski definition) is 2. The molecule has 3 unspecified atom stereocenters. The third-order valence-electron chi connectivity index (χ3n) is 12.8. The summed E-state index contributed by atoms with van der Waals surface area (Å²) in [6.07, 6.45) is 66.7. The molecule has 0 aromatic heterocycles. The van der Waals surface area contributed by atoms with Crippen molar-refractivity contribution in [3.8, 4) is 0 Å². The van der Waals surface area contributed by atoms with Crippen molar-refractivity contribution in [3.05, 3.63) is 85.1 Å². The molecule has 3 atom stereocenters. The molecule has 12 heteroatoms. The number of ether oxygens (including phenoxy) is 3. The summed E-state index contributed by atoms with van der Waals surface area (Å²) in [5.41, 5.74) is 0. The summed E-state index contributed by atoms with van der Waals surface area (Å²) in [6.45, 7) is 4.47. The van der Waals surface area contributed by atoms with E-state index in [2.05, 4.69) is 106 Å². The fraction of sp³-hybridized carbons (Fsp3) is 0.734. The van der Waals surface area contributed by atoms with Gasteiger partial charge in [0, 0.05) is 19.3 Å². The summed E-state index contributed by atoms with van der Waals surface area (Å²) in [6, 6.07) is 0. The predicted molar refractivity (Wildman–Crippen MR) is 316 cm³/mol. The highest BCUT2D eigenvalue weighted by atomic mass is 31.2. The maximum atomic E-state index is 12.9. The van der Waals surface area contributed by atoms with E-state index in [9.17, 15) is 28.9 Å². The highest BCUT2D eigenvalue weighted by Gasteiger charge is 2.28. The number of esters is 3. The van der Waals surface area contributed by atoms with Gasteiger partial charge in [-0.2, -0.15) is 0 Å². The molecule has 11 nitrogen and oxygen atoms in total. The van der Waals surface area contributed by atoms with E-state index in [1.54, 1.807) is 0 Å². The van der Waals surface area contributed by atoms with Crippen molar-refractivity contribution in [2.75, 3.05) is 26.4 Å². The van der Waals surface area contributed by atoms with E-state index in [4.69, 9.17) is 23.3 Å². The minimum atomic E-state index is -4.76. The lowest BCUT2D eigenvalue weighted by Gasteiger charge is -2.21. The first-order valence-corrected chi connectivity index (χ1v) is 32.0. The molecular weight excluding hydrogens is 976 g/mol. The molecule has 0 aromatic carbocycles. The summed E-state index contributed by atoms with van der Waals surface area (Å²) in [5, 5.41) is 9.83. The van der Waals surface area contributed by atoms with Crippen LogP contribution in [0.25, 0.3) is 0 Å². The van der Waals surface area contributed by atoms with Crippen molar-refractivity contribution in [3.63, 3.8) is 0 Å². The Morgan fingerprint density at radius 3 is 1.05 bits per heavy atom. The molecule has 438 valence electrons. The van der Waals surface area contributed by atoms with Gasteiger partial charge in [-0.1, -0.05) is 215 Å². The maximum Gasteiger partial charge on any atom is 0.472 e. The van der Waals surface area contributed by atoms with Crippen LogP contribution in [0.5, 0.6) is 0 Å². The Bertz CT molecular complexity index is 1600. The molecule has 0 saturated carbocycles. The van der Waals surface area contributed by atoms with Crippen LogP contribution in [0.1, 0.15) is 265 Å². The van der Waals surface area contributed by atoms with E-state index in [-0.39, 0.29) is 25.9 Å². The van der Waals surface area contributed by atoms with Crippen molar-refractivity contribution in [1.29, 1.82) is 0 Å². The summed E-state index contributed by atoms with van der Waals surface area (Å²) in [4.78, 5) is 48.7. The van der Waals surface area contributed by atoms with Crippen LogP contribution in [-0.2, 0) is 42.2 Å². The second-order valence-electron chi connectivity index (χ2n) is 20.1. The minimum Gasteiger partial charge on any atom is -0.462 e. The normalized spacial score (nSPS) is 13.9. The molecule has 0 fully saturated rings. The number of aliphatic hydroxyl groups is 1. The van der Waals surface area contributed by atoms with Crippen LogP contribution in [0.15, 0.2) is 85.1 Å². The minimum absolute atomic E-state index is 0.153. The van der Waals surface area contributed by atoms with Crippen LogP contribution in [0, 0.1) is 0 Å². The summed E-state index contributed by atoms with van der Waals surface area (Å²) in [7, 11) is -4.76. The number of aliphatic hydroxyl groups excluding tert-OH is 1. The Balaban J connectivity index is 4.75. The van der Waals surface area contributed by atoms with Gasteiger partial charge in [-0.05, 0) is 116 Å². The largest absolute Gasteiger partial charge is 0.472 e. The zero-order valence-corrected chi connectivity index (χ0v) is 49.3. The third kappa shape index (κ3) is 55.4. The molecule has 0 rings (SSSR count). The molecular formula is C64H111O11P. The Labute approximate surface area is 464 Å². The quantitative estimate of drug-likeness (QED) is 0.0197. The van der Waals surface area contributed by atoms with E-state index in [0.717, 1.165) is 135 Å². The third-order valence-corrected chi connectivity index (χ3v) is 13.7. The van der Waals surface area contributed by atoms with Gasteiger partial charge in [0.15, 0.2) is 6.10 Å². The molecule has 0 amide bonds. The predicted octanol–water partition coefficient (Wildman–Crippen LogP) is 18.3. The van der Waals surface area contributed by atoms with Gasteiger partial charge in [-0.3, -0.25) is 23.4 Å². The topological polar surface area (TPSA) is 155 Å². The number of rotatable bonds is 56. The average molecular weight is 1090 g/mol. The Morgan fingerprint density at radius 1 is 0.382 bits per heavy atom. The second-order valence-corrected chi connectivity index (χ2v) is 21.6. The summed E-state index contributed by atoms with van der Waals surface area (Å²) in [5.74, 6) is -1.50. The highest BCUT2D eigenvalue weighted by Crippen LogP contribution is 2.43. The smallest absolute Gasteiger partial charge is 0.462 e. The molecule has 0 radical (unpaired) electrons. The molecule has 0 aliphatic rings. The Kier molecular flexibility index (Phi) is 55.3. The standard InChI is InChI=1S/C64H111O11P/c1-4-7-10-13-16-19-22-25-28-30-33-35-38-41-44-47-50-53-62(66)71-57-61(75-64(68)55-52-49-46-43-40-37-34-31-29-26-23-20-17-14-11-8-5-2)59-73-76(69,70)72-58-60(56-65)74-63(67)54-51-48-45-42-39-36-32-27-24-21-18-15-12-9-6-3/h7,10,16-21,25-29,32,60-61,65H,4-6,8-9,11-15,22-24,30-31,33-59H2,1-3H3,(H,69,70)/b10-7-,19-16-,20-17-,21-18-,28-25-,29-26-,32-27-. The molecule has 0 bridgehead atoms. The zero-order valence-electron chi connectivity index (χ0n) is 48.5. The molecule has 2 N–H and O–H groups in total. The van der Waals surface area contributed by atoms with E-state index in [0.29, 0.717) is 19.3 Å². The number of hydrogen-bond acceptors (Lipinski definition) is 10. The summed E-state index contributed by atoms with van der Waals surface area (Å²) >= 11 is 0. The number of unbranched alkanes of at least 4 members (excludes halogenated alkanes) is 25. The molecule has 0 saturated heterocycles. The number of carbonyl (C=O) groups is 3. The van der Waals surface area contributed by atoms with Crippen molar-refractivity contribution >= 4 is 25.7 Å². The van der Waals surface area contributed by atoms with Gasteiger partial charge in [0.25, 0.3) is 0 Å².